The normalized spacial score (nSPS) is 13.2. The lowest BCUT2D eigenvalue weighted by Crippen LogP contribution is -2.25. The van der Waals surface area contributed by atoms with Crippen LogP contribution < -0.4 is 10.1 Å². The summed E-state index contributed by atoms with van der Waals surface area (Å²) in [5.74, 6) is 0.190. The van der Waals surface area contributed by atoms with Gasteiger partial charge in [0.05, 0.1) is 11.4 Å². The molecule has 4 nitrogen and oxygen atoms in total. The van der Waals surface area contributed by atoms with Crippen LogP contribution in [0.5, 0.6) is 5.75 Å². The predicted molar refractivity (Wildman–Crippen MR) is 87.1 cm³/mol. The molecule has 1 aromatic heterocycles. The first-order valence-electron chi connectivity index (χ1n) is 6.97. The highest BCUT2D eigenvalue weighted by molar-refractivity contribution is 7.13. The Morgan fingerprint density at radius 2 is 2.09 bits per heavy atom. The van der Waals surface area contributed by atoms with E-state index in [4.69, 9.17) is 4.74 Å². The summed E-state index contributed by atoms with van der Waals surface area (Å²) in [6, 6.07) is 11.9. The van der Waals surface area contributed by atoms with Crippen molar-refractivity contribution >= 4 is 22.9 Å². The Balaban J connectivity index is 1.69. The van der Waals surface area contributed by atoms with Crippen molar-refractivity contribution in [1.29, 1.82) is 0 Å². The molecule has 6 heteroatoms. The van der Waals surface area contributed by atoms with Crippen molar-refractivity contribution in [1.82, 2.24) is 4.98 Å². The molecule has 0 saturated heterocycles. The molecule has 0 unspecified atom stereocenters. The summed E-state index contributed by atoms with van der Waals surface area (Å²) >= 11 is 1.45. The molecular formula is C17H11FN2O2S. The zero-order valence-electron chi connectivity index (χ0n) is 11.9. The fourth-order valence-corrected chi connectivity index (χ4v) is 3.23. The zero-order valence-corrected chi connectivity index (χ0v) is 12.7. The molecule has 0 aliphatic carbocycles. The van der Waals surface area contributed by atoms with Crippen LogP contribution >= 0.6 is 11.3 Å². The molecular weight excluding hydrogens is 315 g/mol. The molecule has 0 radical (unpaired) electrons. The first-order valence-corrected chi connectivity index (χ1v) is 7.85. The summed E-state index contributed by atoms with van der Waals surface area (Å²) in [7, 11) is 0. The Morgan fingerprint density at radius 1 is 1.17 bits per heavy atom. The van der Waals surface area contributed by atoms with Crippen molar-refractivity contribution in [3.8, 4) is 27.6 Å². The Hall–Kier alpha value is -2.73. The van der Waals surface area contributed by atoms with Crippen LogP contribution in [0.15, 0.2) is 47.8 Å². The standard InChI is InChI=1S/C17H11FN2O2S/c18-12-3-1-2-11(6-12)17-20-14(9-23-17)10-4-5-15-13(7-10)19-16(21)8-22-15/h1-7,9H,8H2,(H,19,21). The van der Waals surface area contributed by atoms with E-state index in [0.717, 1.165) is 21.8 Å². The minimum Gasteiger partial charge on any atom is -0.482 e. The van der Waals surface area contributed by atoms with Crippen molar-refractivity contribution in [2.75, 3.05) is 11.9 Å². The lowest BCUT2D eigenvalue weighted by Gasteiger charge is -2.18. The van der Waals surface area contributed by atoms with Gasteiger partial charge in [-0.25, -0.2) is 9.37 Å². The van der Waals surface area contributed by atoms with Gasteiger partial charge in [-0.15, -0.1) is 11.3 Å². The monoisotopic (exact) mass is 326 g/mol. The number of benzene rings is 2. The lowest BCUT2D eigenvalue weighted by atomic mass is 10.1. The molecule has 3 aromatic rings. The molecule has 1 aliphatic rings. The Kier molecular flexibility index (Phi) is 3.31. The topological polar surface area (TPSA) is 51.2 Å². The third-order valence-electron chi connectivity index (χ3n) is 3.48. The largest absolute Gasteiger partial charge is 0.482 e. The van der Waals surface area contributed by atoms with Gasteiger partial charge in [0.25, 0.3) is 5.91 Å². The van der Waals surface area contributed by atoms with Crippen LogP contribution in [0.3, 0.4) is 0 Å². The predicted octanol–water partition coefficient (Wildman–Crippen LogP) is 3.95. The Labute approximate surface area is 135 Å². The minimum atomic E-state index is -0.284. The van der Waals surface area contributed by atoms with Gasteiger partial charge in [0.1, 0.15) is 16.6 Å². The van der Waals surface area contributed by atoms with Crippen molar-refractivity contribution in [3.63, 3.8) is 0 Å². The number of hydrogen-bond donors (Lipinski definition) is 1. The van der Waals surface area contributed by atoms with Gasteiger partial charge in [0, 0.05) is 16.5 Å². The first kappa shape index (κ1) is 13.9. The molecule has 2 heterocycles. The average Bonchev–Trinajstić information content (AvgIpc) is 3.04. The van der Waals surface area contributed by atoms with E-state index in [1.807, 2.05) is 29.6 Å². The Bertz CT molecular complexity index is 907. The minimum absolute atomic E-state index is 0.0345. The second kappa shape index (κ2) is 5.48. The number of hydrogen-bond acceptors (Lipinski definition) is 4. The number of anilines is 1. The van der Waals surface area contributed by atoms with E-state index in [9.17, 15) is 9.18 Å². The van der Waals surface area contributed by atoms with Gasteiger partial charge in [0.15, 0.2) is 6.61 Å². The first-order chi connectivity index (χ1) is 11.2. The van der Waals surface area contributed by atoms with Crippen LogP contribution in [0.4, 0.5) is 10.1 Å². The average molecular weight is 326 g/mol. The molecule has 23 heavy (non-hydrogen) atoms. The van der Waals surface area contributed by atoms with E-state index < -0.39 is 0 Å². The quantitative estimate of drug-likeness (QED) is 0.776. The van der Waals surface area contributed by atoms with Crippen LogP contribution in [0.1, 0.15) is 0 Å². The molecule has 0 bridgehead atoms. The molecule has 1 N–H and O–H groups in total. The number of carbonyl (C=O) groups excluding carboxylic acids is 1. The molecule has 1 aliphatic heterocycles. The molecule has 0 fully saturated rings. The van der Waals surface area contributed by atoms with E-state index in [0.29, 0.717) is 11.4 Å². The van der Waals surface area contributed by atoms with Gasteiger partial charge in [-0.05, 0) is 30.3 Å². The highest BCUT2D eigenvalue weighted by atomic mass is 32.1. The number of nitrogens with one attached hydrogen (secondary N) is 1. The van der Waals surface area contributed by atoms with E-state index in [1.54, 1.807) is 6.07 Å². The van der Waals surface area contributed by atoms with E-state index in [2.05, 4.69) is 10.3 Å². The fourth-order valence-electron chi connectivity index (χ4n) is 2.40. The molecule has 1 amide bonds. The van der Waals surface area contributed by atoms with Gasteiger partial charge in [0.2, 0.25) is 0 Å². The SMILES string of the molecule is O=C1COc2ccc(-c3csc(-c4cccc(F)c4)n3)cc2N1. The van der Waals surface area contributed by atoms with Gasteiger partial charge in [-0.3, -0.25) is 4.79 Å². The summed E-state index contributed by atoms with van der Waals surface area (Å²) < 4.78 is 18.7. The number of amides is 1. The Morgan fingerprint density at radius 3 is 2.96 bits per heavy atom. The van der Waals surface area contributed by atoms with Crippen molar-refractivity contribution in [2.24, 2.45) is 0 Å². The van der Waals surface area contributed by atoms with Crippen molar-refractivity contribution in [2.45, 2.75) is 0 Å². The van der Waals surface area contributed by atoms with Gasteiger partial charge < -0.3 is 10.1 Å². The molecule has 2 aromatic carbocycles. The maximum atomic E-state index is 13.3. The maximum absolute atomic E-state index is 13.3. The van der Waals surface area contributed by atoms with Crippen LogP contribution in [0.2, 0.25) is 0 Å². The smallest absolute Gasteiger partial charge is 0.262 e. The van der Waals surface area contributed by atoms with Gasteiger partial charge in [-0.1, -0.05) is 12.1 Å². The number of halogens is 1. The van der Waals surface area contributed by atoms with E-state index in [1.165, 1.54) is 23.5 Å². The van der Waals surface area contributed by atoms with Crippen LogP contribution in [0, 0.1) is 5.82 Å². The molecule has 0 atom stereocenters. The fraction of sp³-hybridized carbons (Fsp3) is 0.0588. The number of rotatable bonds is 2. The number of fused-ring (bicyclic) bond motifs is 1. The van der Waals surface area contributed by atoms with Crippen molar-refractivity contribution < 1.29 is 13.9 Å². The van der Waals surface area contributed by atoms with Gasteiger partial charge >= 0.3 is 0 Å². The van der Waals surface area contributed by atoms with Crippen LogP contribution in [-0.4, -0.2) is 17.5 Å². The molecule has 0 spiro atoms. The summed E-state index contributed by atoms with van der Waals surface area (Å²) in [6.07, 6.45) is 0. The second-order valence-electron chi connectivity index (χ2n) is 5.10. The second-order valence-corrected chi connectivity index (χ2v) is 5.95. The highest BCUT2D eigenvalue weighted by Gasteiger charge is 2.17. The lowest BCUT2D eigenvalue weighted by molar-refractivity contribution is -0.118. The number of nitrogens with zero attached hydrogens (tertiary/aromatic N) is 1. The number of thiazole rings is 1. The summed E-state index contributed by atoms with van der Waals surface area (Å²) in [6.45, 7) is 0.0345. The van der Waals surface area contributed by atoms with E-state index >= 15 is 0 Å². The number of aromatic nitrogens is 1. The highest BCUT2D eigenvalue weighted by Crippen LogP contribution is 2.34. The summed E-state index contributed by atoms with van der Waals surface area (Å²) in [4.78, 5) is 16.0. The molecule has 114 valence electrons. The maximum Gasteiger partial charge on any atom is 0.262 e. The van der Waals surface area contributed by atoms with Crippen LogP contribution in [-0.2, 0) is 4.79 Å². The summed E-state index contributed by atoms with van der Waals surface area (Å²) in [5.41, 5.74) is 3.03. The van der Waals surface area contributed by atoms with E-state index in [-0.39, 0.29) is 18.3 Å². The third-order valence-corrected chi connectivity index (χ3v) is 4.38. The number of ether oxygens (including phenoxy) is 1. The van der Waals surface area contributed by atoms with Gasteiger partial charge in [-0.2, -0.15) is 0 Å². The molecule has 0 saturated carbocycles. The molecule has 4 rings (SSSR count). The third kappa shape index (κ3) is 2.68. The summed E-state index contributed by atoms with van der Waals surface area (Å²) in [5, 5.41) is 5.44. The number of carbonyl (C=O) groups is 1. The van der Waals surface area contributed by atoms with Crippen molar-refractivity contribution in [3.05, 3.63) is 53.7 Å². The zero-order chi connectivity index (χ0) is 15.8. The van der Waals surface area contributed by atoms with Crippen LogP contribution in [0.25, 0.3) is 21.8 Å².